The molecule has 2 amide bonds. The number of benzene rings is 2. The largest absolute Gasteiger partial charge is 0.317 e. The average Bonchev–Trinajstić information content (AvgIpc) is 3.12. The molecule has 4 rings (SSSR count). The Morgan fingerprint density at radius 2 is 1.80 bits per heavy atom. The highest BCUT2D eigenvalue weighted by Crippen LogP contribution is 2.30. The van der Waals surface area contributed by atoms with Crippen LogP contribution in [0, 0.1) is 13.8 Å². The van der Waals surface area contributed by atoms with Crippen LogP contribution in [-0.4, -0.2) is 26.3 Å². The number of likely N-dealkylation sites (tertiary alicyclic amines) is 1. The fraction of sp³-hybridized carbons (Fsp3) is 0.250. The van der Waals surface area contributed by atoms with Crippen LogP contribution in [0.15, 0.2) is 48.8 Å². The second-order valence-electron chi connectivity index (χ2n) is 6.60. The zero-order valence-corrected chi connectivity index (χ0v) is 14.3. The molecule has 2 heterocycles. The van der Waals surface area contributed by atoms with Crippen molar-refractivity contribution >= 4 is 22.8 Å². The second kappa shape index (κ2) is 5.84. The van der Waals surface area contributed by atoms with E-state index in [1.807, 2.05) is 60.9 Å². The molecule has 126 valence electrons. The van der Waals surface area contributed by atoms with E-state index < -0.39 is 6.04 Å². The highest BCUT2D eigenvalue weighted by molar-refractivity contribution is 6.05. The molecule has 1 aliphatic heterocycles. The van der Waals surface area contributed by atoms with Crippen LogP contribution in [0.25, 0.3) is 11.0 Å². The smallest absolute Gasteiger partial charge is 0.253 e. The Kier molecular flexibility index (Phi) is 3.64. The standard InChI is InChI=1S/C20H19N3O2/c1-13-8-16-17(9-14(13)2)23(12-21-16)18-10-19(24)22(20(18)25)11-15-6-4-3-5-7-15/h3-9,12,18H,10-11H2,1-2H3/t18-/m0/s1. The van der Waals surface area contributed by atoms with E-state index in [1.54, 1.807) is 6.33 Å². The van der Waals surface area contributed by atoms with Crippen molar-refractivity contribution in [3.05, 3.63) is 65.5 Å². The predicted molar refractivity (Wildman–Crippen MR) is 94.9 cm³/mol. The molecule has 0 unspecified atom stereocenters. The molecular formula is C20H19N3O2. The van der Waals surface area contributed by atoms with Gasteiger partial charge in [0.25, 0.3) is 5.91 Å². The maximum atomic E-state index is 12.9. The molecule has 1 saturated heterocycles. The van der Waals surface area contributed by atoms with E-state index in [2.05, 4.69) is 4.98 Å². The van der Waals surface area contributed by atoms with E-state index in [4.69, 9.17) is 0 Å². The van der Waals surface area contributed by atoms with Gasteiger partial charge in [0.05, 0.1) is 30.3 Å². The zero-order chi connectivity index (χ0) is 17.6. The third-order valence-corrected chi connectivity index (χ3v) is 4.93. The van der Waals surface area contributed by atoms with Crippen LogP contribution >= 0.6 is 0 Å². The van der Waals surface area contributed by atoms with Crippen LogP contribution in [-0.2, 0) is 16.1 Å². The van der Waals surface area contributed by atoms with Gasteiger partial charge in [-0.15, -0.1) is 0 Å². The molecule has 1 aromatic heterocycles. The molecule has 2 aromatic carbocycles. The Labute approximate surface area is 145 Å². The van der Waals surface area contributed by atoms with Crippen molar-refractivity contribution in [2.24, 2.45) is 0 Å². The summed E-state index contributed by atoms with van der Waals surface area (Å²) in [6, 6.07) is 13.1. The highest BCUT2D eigenvalue weighted by Gasteiger charge is 2.40. The molecule has 0 saturated carbocycles. The number of carbonyl (C=O) groups is 2. The molecule has 0 bridgehead atoms. The maximum Gasteiger partial charge on any atom is 0.253 e. The first-order valence-electron chi connectivity index (χ1n) is 8.36. The summed E-state index contributed by atoms with van der Waals surface area (Å²) in [7, 11) is 0. The first-order chi connectivity index (χ1) is 12.0. The molecule has 5 heteroatoms. The van der Waals surface area contributed by atoms with Crippen molar-refractivity contribution in [1.29, 1.82) is 0 Å². The molecule has 0 N–H and O–H groups in total. The lowest BCUT2D eigenvalue weighted by Crippen LogP contribution is -2.30. The Morgan fingerprint density at radius 1 is 1.08 bits per heavy atom. The van der Waals surface area contributed by atoms with Crippen LogP contribution in [0.3, 0.4) is 0 Å². The summed E-state index contributed by atoms with van der Waals surface area (Å²) < 4.78 is 1.84. The summed E-state index contributed by atoms with van der Waals surface area (Å²) in [5.74, 6) is -0.295. The SMILES string of the molecule is Cc1cc2ncn([C@H]3CC(=O)N(Cc4ccccc4)C3=O)c2cc1C. The highest BCUT2D eigenvalue weighted by atomic mass is 16.2. The number of imide groups is 1. The van der Waals surface area contributed by atoms with E-state index in [0.717, 1.165) is 27.7 Å². The second-order valence-corrected chi connectivity index (χ2v) is 6.60. The first kappa shape index (κ1) is 15.6. The van der Waals surface area contributed by atoms with Gasteiger partial charge in [-0.3, -0.25) is 14.5 Å². The Balaban J connectivity index is 1.67. The number of aromatic nitrogens is 2. The van der Waals surface area contributed by atoms with Gasteiger partial charge in [-0.2, -0.15) is 0 Å². The van der Waals surface area contributed by atoms with Crippen molar-refractivity contribution in [2.75, 3.05) is 0 Å². The van der Waals surface area contributed by atoms with Gasteiger partial charge in [-0.05, 0) is 42.7 Å². The van der Waals surface area contributed by atoms with E-state index >= 15 is 0 Å². The number of hydrogen-bond acceptors (Lipinski definition) is 3. The van der Waals surface area contributed by atoms with Crippen molar-refractivity contribution in [1.82, 2.24) is 14.5 Å². The van der Waals surface area contributed by atoms with Gasteiger partial charge in [0.15, 0.2) is 0 Å². The Hall–Kier alpha value is -2.95. The van der Waals surface area contributed by atoms with Crippen molar-refractivity contribution in [2.45, 2.75) is 32.9 Å². The lowest BCUT2D eigenvalue weighted by atomic mass is 10.1. The number of rotatable bonds is 3. The van der Waals surface area contributed by atoms with Crippen LogP contribution in [0.2, 0.25) is 0 Å². The quantitative estimate of drug-likeness (QED) is 0.692. The van der Waals surface area contributed by atoms with Crippen molar-refractivity contribution in [3.8, 4) is 0 Å². The summed E-state index contributed by atoms with van der Waals surface area (Å²) in [5.41, 5.74) is 5.01. The molecule has 0 aliphatic carbocycles. The maximum absolute atomic E-state index is 12.9. The number of imidazole rings is 1. The number of fused-ring (bicyclic) bond motifs is 1. The van der Waals surface area contributed by atoms with E-state index in [1.165, 1.54) is 4.90 Å². The van der Waals surface area contributed by atoms with Gasteiger partial charge < -0.3 is 4.57 Å². The minimum absolute atomic E-state index is 0.135. The summed E-state index contributed by atoms with van der Waals surface area (Å²) in [5, 5.41) is 0. The molecule has 0 spiro atoms. The zero-order valence-electron chi connectivity index (χ0n) is 14.3. The number of nitrogens with zero attached hydrogens (tertiary/aromatic N) is 3. The topological polar surface area (TPSA) is 55.2 Å². The summed E-state index contributed by atoms with van der Waals surface area (Å²) in [6.07, 6.45) is 1.86. The number of hydrogen-bond donors (Lipinski definition) is 0. The third-order valence-electron chi connectivity index (χ3n) is 4.93. The van der Waals surface area contributed by atoms with E-state index in [0.29, 0.717) is 6.54 Å². The van der Waals surface area contributed by atoms with E-state index in [-0.39, 0.29) is 18.2 Å². The van der Waals surface area contributed by atoms with Gasteiger partial charge in [-0.25, -0.2) is 4.98 Å². The van der Waals surface area contributed by atoms with Gasteiger partial charge >= 0.3 is 0 Å². The van der Waals surface area contributed by atoms with Gasteiger partial charge in [0, 0.05) is 0 Å². The average molecular weight is 333 g/mol. The predicted octanol–water partition coefficient (Wildman–Crippen LogP) is 3.15. The normalized spacial score (nSPS) is 17.7. The lowest BCUT2D eigenvalue weighted by molar-refractivity contribution is -0.139. The van der Waals surface area contributed by atoms with Gasteiger partial charge in [0.1, 0.15) is 6.04 Å². The first-order valence-corrected chi connectivity index (χ1v) is 8.36. The summed E-state index contributed by atoms with van der Waals surface area (Å²) in [6.45, 7) is 4.40. The van der Waals surface area contributed by atoms with Crippen molar-refractivity contribution in [3.63, 3.8) is 0 Å². The number of carbonyl (C=O) groups excluding carboxylic acids is 2. The number of aryl methyl sites for hydroxylation is 2. The summed E-state index contributed by atoms with van der Waals surface area (Å²) >= 11 is 0. The molecule has 5 nitrogen and oxygen atoms in total. The molecule has 1 atom stereocenters. The fourth-order valence-corrected chi connectivity index (χ4v) is 3.35. The third kappa shape index (κ3) is 2.61. The van der Waals surface area contributed by atoms with Gasteiger partial charge in [-0.1, -0.05) is 30.3 Å². The minimum atomic E-state index is -0.511. The molecular weight excluding hydrogens is 314 g/mol. The van der Waals surface area contributed by atoms with Crippen molar-refractivity contribution < 1.29 is 9.59 Å². The van der Waals surface area contributed by atoms with Gasteiger partial charge in [0.2, 0.25) is 5.91 Å². The summed E-state index contributed by atoms with van der Waals surface area (Å²) in [4.78, 5) is 31.1. The Bertz CT molecular complexity index is 975. The molecule has 0 radical (unpaired) electrons. The molecule has 1 aliphatic rings. The fourth-order valence-electron chi connectivity index (χ4n) is 3.35. The lowest BCUT2D eigenvalue weighted by Gasteiger charge is -2.16. The van der Waals surface area contributed by atoms with Crippen LogP contribution in [0.1, 0.15) is 29.2 Å². The van der Waals surface area contributed by atoms with Crippen LogP contribution in [0.5, 0.6) is 0 Å². The molecule has 1 fully saturated rings. The Morgan fingerprint density at radius 3 is 2.56 bits per heavy atom. The minimum Gasteiger partial charge on any atom is -0.317 e. The van der Waals surface area contributed by atoms with Crippen LogP contribution < -0.4 is 0 Å². The van der Waals surface area contributed by atoms with E-state index in [9.17, 15) is 9.59 Å². The molecule has 3 aromatic rings. The molecule has 25 heavy (non-hydrogen) atoms. The number of amides is 2. The van der Waals surface area contributed by atoms with Crippen LogP contribution in [0.4, 0.5) is 0 Å². The monoisotopic (exact) mass is 333 g/mol.